The second-order valence-corrected chi connectivity index (χ2v) is 6.00. The Kier molecular flexibility index (Phi) is 3.45. The van der Waals surface area contributed by atoms with Crippen LogP contribution in [0.25, 0.3) is 0 Å². The second kappa shape index (κ2) is 4.41. The summed E-state index contributed by atoms with van der Waals surface area (Å²) in [6.07, 6.45) is 7.51. The molecule has 60 valence electrons. The minimum atomic E-state index is -0.643. The summed E-state index contributed by atoms with van der Waals surface area (Å²) in [7, 11) is -0.643. The molecular formula is C10H16Si. The van der Waals surface area contributed by atoms with Crippen LogP contribution in [0.2, 0.25) is 13.1 Å². The van der Waals surface area contributed by atoms with E-state index in [1.165, 1.54) is 31.3 Å². The van der Waals surface area contributed by atoms with Crippen molar-refractivity contribution >= 4 is 8.80 Å². The molecule has 0 radical (unpaired) electrons. The lowest BCUT2D eigenvalue weighted by Gasteiger charge is -2.05. The summed E-state index contributed by atoms with van der Waals surface area (Å²) >= 11 is 0. The third-order valence-corrected chi connectivity index (χ3v) is 2.53. The van der Waals surface area contributed by atoms with Gasteiger partial charge in [0.1, 0.15) is 8.80 Å². The van der Waals surface area contributed by atoms with Gasteiger partial charge in [-0.1, -0.05) is 25.1 Å². The average molecular weight is 164 g/mol. The maximum absolute atomic E-state index is 3.34. The second-order valence-electron chi connectivity index (χ2n) is 3.40. The molecule has 0 amide bonds. The summed E-state index contributed by atoms with van der Waals surface area (Å²) in [5, 5.41) is 0. The van der Waals surface area contributed by atoms with E-state index in [0.29, 0.717) is 0 Å². The monoisotopic (exact) mass is 164 g/mol. The van der Waals surface area contributed by atoms with Crippen LogP contribution in [0.3, 0.4) is 0 Å². The molecule has 0 heterocycles. The molecule has 0 aromatic heterocycles. The van der Waals surface area contributed by atoms with Crippen molar-refractivity contribution in [2.24, 2.45) is 0 Å². The first-order valence-electron chi connectivity index (χ1n) is 4.49. The molecule has 1 aliphatic carbocycles. The topological polar surface area (TPSA) is 0 Å². The van der Waals surface area contributed by atoms with Crippen molar-refractivity contribution in [2.75, 3.05) is 0 Å². The van der Waals surface area contributed by atoms with Crippen molar-refractivity contribution in [3.05, 3.63) is 11.6 Å². The van der Waals surface area contributed by atoms with Gasteiger partial charge in [-0.05, 0) is 31.3 Å². The molecular weight excluding hydrogens is 148 g/mol. The van der Waals surface area contributed by atoms with Crippen molar-refractivity contribution < 1.29 is 0 Å². The highest BCUT2D eigenvalue weighted by Crippen LogP contribution is 2.15. The van der Waals surface area contributed by atoms with Crippen LogP contribution < -0.4 is 0 Å². The van der Waals surface area contributed by atoms with Gasteiger partial charge in [-0.25, -0.2) is 0 Å². The molecule has 0 unspecified atom stereocenters. The van der Waals surface area contributed by atoms with E-state index in [2.05, 4.69) is 30.6 Å². The fourth-order valence-corrected chi connectivity index (χ4v) is 1.66. The molecule has 0 fully saturated rings. The molecule has 0 spiro atoms. The summed E-state index contributed by atoms with van der Waals surface area (Å²) in [6.45, 7) is 4.55. The van der Waals surface area contributed by atoms with Gasteiger partial charge in [0, 0.05) is 0 Å². The van der Waals surface area contributed by atoms with Crippen LogP contribution >= 0.6 is 0 Å². The van der Waals surface area contributed by atoms with Gasteiger partial charge < -0.3 is 0 Å². The van der Waals surface area contributed by atoms with Crippen LogP contribution in [0.1, 0.15) is 25.7 Å². The lowest BCUT2D eigenvalue weighted by molar-refractivity contribution is 0.715. The number of hydrogen-bond donors (Lipinski definition) is 0. The molecule has 0 aromatic carbocycles. The van der Waals surface area contributed by atoms with Gasteiger partial charge in [-0.15, -0.1) is 5.54 Å². The van der Waals surface area contributed by atoms with Gasteiger partial charge in [0.05, 0.1) is 0 Å². The van der Waals surface area contributed by atoms with E-state index in [1.54, 1.807) is 0 Å². The highest BCUT2D eigenvalue weighted by molar-refractivity contribution is 6.64. The van der Waals surface area contributed by atoms with Gasteiger partial charge in [0.15, 0.2) is 0 Å². The molecule has 0 saturated heterocycles. The fourth-order valence-electron chi connectivity index (χ4n) is 1.19. The van der Waals surface area contributed by atoms with Crippen LogP contribution in [0.4, 0.5) is 0 Å². The summed E-state index contributed by atoms with van der Waals surface area (Å²) < 4.78 is 0. The van der Waals surface area contributed by atoms with Crippen LogP contribution in [-0.4, -0.2) is 8.80 Å². The molecule has 0 bridgehead atoms. The number of rotatable bonds is 0. The molecule has 1 rings (SSSR count). The van der Waals surface area contributed by atoms with Crippen LogP contribution in [0.5, 0.6) is 0 Å². The summed E-state index contributed by atoms with van der Waals surface area (Å²) in [6, 6.07) is 0. The molecule has 0 nitrogen and oxygen atoms in total. The van der Waals surface area contributed by atoms with E-state index < -0.39 is 8.80 Å². The Hall–Kier alpha value is -0.483. The highest BCUT2D eigenvalue weighted by atomic mass is 28.3. The van der Waals surface area contributed by atoms with Crippen LogP contribution in [0, 0.1) is 11.5 Å². The normalized spacial score (nSPS) is 17.2. The Morgan fingerprint density at radius 2 is 2.18 bits per heavy atom. The SMILES string of the molecule is C[SiH](C)C#CC1=CCCCC1. The lowest BCUT2D eigenvalue weighted by Crippen LogP contribution is -1.95. The minimum absolute atomic E-state index is 0.643. The number of allylic oxidation sites excluding steroid dienone is 2. The van der Waals surface area contributed by atoms with Gasteiger partial charge in [-0.2, -0.15) is 0 Å². The summed E-state index contributed by atoms with van der Waals surface area (Å²) in [5.41, 5.74) is 4.74. The zero-order chi connectivity index (χ0) is 8.10. The largest absolute Gasteiger partial charge is 0.131 e. The Balaban J connectivity index is 2.49. The molecule has 0 aliphatic heterocycles. The van der Waals surface area contributed by atoms with E-state index in [9.17, 15) is 0 Å². The van der Waals surface area contributed by atoms with E-state index in [0.717, 1.165) is 0 Å². The van der Waals surface area contributed by atoms with Gasteiger partial charge >= 0.3 is 0 Å². The third kappa shape index (κ3) is 3.43. The zero-order valence-electron chi connectivity index (χ0n) is 7.48. The molecule has 1 heteroatoms. The molecule has 1 aliphatic rings. The Morgan fingerprint density at radius 1 is 1.36 bits per heavy atom. The quantitative estimate of drug-likeness (QED) is 0.381. The standard InChI is InChI=1S/C10H16Si/c1-11(2)9-8-10-6-4-3-5-7-10/h6,11H,3-5,7H2,1-2H3. The first-order valence-corrected chi connectivity index (χ1v) is 7.38. The van der Waals surface area contributed by atoms with Gasteiger partial charge in [0.25, 0.3) is 0 Å². The first-order chi connectivity index (χ1) is 5.29. The fraction of sp³-hybridized carbons (Fsp3) is 0.600. The van der Waals surface area contributed by atoms with Gasteiger partial charge in [0.2, 0.25) is 0 Å². The molecule has 0 N–H and O–H groups in total. The summed E-state index contributed by atoms with van der Waals surface area (Å²) in [5.74, 6) is 3.29. The van der Waals surface area contributed by atoms with Gasteiger partial charge in [-0.3, -0.25) is 0 Å². The van der Waals surface area contributed by atoms with Crippen molar-refractivity contribution in [1.29, 1.82) is 0 Å². The van der Waals surface area contributed by atoms with Crippen LogP contribution in [0.15, 0.2) is 11.6 Å². The smallest absolute Gasteiger partial charge is 0.117 e. The third-order valence-electron chi connectivity index (χ3n) is 1.81. The average Bonchev–Trinajstić information content (AvgIpc) is 2.03. The van der Waals surface area contributed by atoms with E-state index >= 15 is 0 Å². The Bertz CT molecular complexity index is 203. The van der Waals surface area contributed by atoms with E-state index in [4.69, 9.17) is 0 Å². The van der Waals surface area contributed by atoms with Crippen molar-refractivity contribution in [2.45, 2.75) is 38.8 Å². The minimum Gasteiger partial charge on any atom is -0.131 e. The predicted octanol–water partition coefficient (Wildman–Crippen LogP) is 2.52. The maximum atomic E-state index is 3.34. The van der Waals surface area contributed by atoms with E-state index in [1.807, 2.05) is 0 Å². The van der Waals surface area contributed by atoms with E-state index in [-0.39, 0.29) is 0 Å². The molecule has 0 aromatic rings. The summed E-state index contributed by atoms with van der Waals surface area (Å²) in [4.78, 5) is 0. The Morgan fingerprint density at radius 3 is 2.73 bits per heavy atom. The molecule has 0 atom stereocenters. The predicted molar refractivity (Wildman–Crippen MR) is 53.2 cm³/mol. The molecule has 0 saturated carbocycles. The lowest BCUT2D eigenvalue weighted by atomic mass is 10.0. The van der Waals surface area contributed by atoms with Crippen molar-refractivity contribution in [1.82, 2.24) is 0 Å². The maximum Gasteiger partial charge on any atom is 0.117 e. The number of hydrogen-bond acceptors (Lipinski definition) is 0. The zero-order valence-corrected chi connectivity index (χ0v) is 8.64. The van der Waals surface area contributed by atoms with Crippen molar-refractivity contribution in [3.63, 3.8) is 0 Å². The highest BCUT2D eigenvalue weighted by Gasteiger charge is 1.99. The molecule has 11 heavy (non-hydrogen) atoms. The first kappa shape index (κ1) is 8.61. The van der Waals surface area contributed by atoms with Crippen LogP contribution in [-0.2, 0) is 0 Å². The van der Waals surface area contributed by atoms with Crippen molar-refractivity contribution in [3.8, 4) is 11.5 Å². The Labute approximate surface area is 71.3 Å².